The Bertz CT molecular complexity index is 388. The van der Waals surface area contributed by atoms with Crippen LogP contribution >= 0.6 is 0 Å². The molecule has 1 aliphatic rings. The zero-order chi connectivity index (χ0) is 12.3. The number of hydrogen-bond donors (Lipinski definition) is 1. The maximum absolute atomic E-state index is 5.59. The maximum Gasteiger partial charge on any atom is 0.219 e. The SMILES string of the molecule is COc1nc(C)nc(C2CCC2)c1CCCN. The first-order chi connectivity index (χ1) is 8.26. The van der Waals surface area contributed by atoms with Crippen LogP contribution in [0.25, 0.3) is 0 Å². The van der Waals surface area contributed by atoms with E-state index in [1.165, 1.54) is 30.5 Å². The van der Waals surface area contributed by atoms with Gasteiger partial charge in [0, 0.05) is 11.5 Å². The minimum Gasteiger partial charge on any atom is -0.481 e. The fraction of sp³-hybridized carbons (Fsp3) is 0.692. The lowest BCUT2D eigenvalue weighted by atomic mass is 9.80. The quantitative estimate of drug-likeness (QED) is 0.847. The summed E-state index contributed by atoms with van der Waals surface area (Å²) in [6.45, 7) is 2.62. The Labute approximate surface area is 103 Å². The molecule has 2 N–H and O–H groups in total. The molecular formula is C13H21N3O. The van der Waals surface area contributed by atoms with Crippen LogP contribution in [-0.4, -0.2) is 23.6 Å². The van der Waals surface area contributed by atoms with Gasteiger partial charge in [0.25, 0.3) is 0 Å². The molecule has 94 valence electrons. The van der Waals surface area contributed by atoms with E-state index in [4.69, 9.17) is 10.5 Å². The lowest BCUT2D eigenvalue weighted by molar-refractivity contribution is 0.373. The maximum atomic E-state index is 5.59. The van der Waals surface area contributed by atoms with Crippen LogP contribution < -0.4 is 10.5 Å². The summed E-state index contributed by atoms with van der Waals surface area (Å²) >= 11 is 0. The molecular weight excluding hydrogens is 214 g/mol. The van der Waals surface area contributed by atoms with Crippen molar-refractivity contribution in [2.24, 2.45) is 5.73 Å². The summed E-state index contributed by atoms with van der Waals surface area (Å²) in [5.41, 5.74) is 7.97. The van der Waals surface area contributed by atoms with Gasteiger partial charge in [-0.25, -0.2) is 4.98 Å². The Balaban J connectivity index is 2.34. The van der Waals surface area contributed by atoms with Gasteiger partial charge in [-0.1, -0.05) is 6.42 Å². The van der Waals surface area contributed by atoms with E-state index in [9.17, 15) is 0 Å². The first-order valence-corrected chi connectivity index (χ1v) is 6.37. The zero-order valence-corrected chi connectivity index (χ0v) is 10.7. The van der Waals surface area contributed by atoms with E-state index in [1.54, 1.807) is 7.11 Å². The molecule has 0 saturated heterocycles. The highest BCUT2D eigenvalue weighted by Gasteiger charge is 2.26. The number of nitrogens with zero attached hydrogens (tertiary/aromatic N) is 2. The lowest BCUT2D eigenvalue weighted by Gasteiger charge is -2.27. The number of nitrogens with two attached hydrogens (primary N) is 1. The minimum atomic E-state index is 0.610. The van der Waals surface area contributed by atoms with E-state index >= 15 is 0 Å². The van der Waals surface area contributed by atoms with E-state index < -0.39 is 0 Å². The molecule has 1 fully saturated rings. The summed E-state index contributed by atoms with van der Waals surface area (Å²) in [6, 6.07) is 0. The monoisotopic (exact) mass is 235 g/mol. The van der Waals surface area contributed by atoms with Crippen LogP contribution in [0.2, 0.25) is 0 Å². The first-order valence-electron chi connectivity index (χ1n) is 6.37. The van der Waals surface area contributed by atoms with Gasteiger partial charge in [-0.3, -0.25) is 0 Å². The van der Waals surface area contributed by atoms with Crippen LogP contribution in [0.3, 0.4) is 0 Å². The third-order valence-corrected chi connectivity index (χ3v) is 3.43. The van der Waals surface area contributed by atoms with Crippen molar-refractivity contribution in [3.63, 3.8) is 0 Å². The normalized spacial score (nSPS) is 15.7. The molecule has 0 amide bonds. The molecule has 0 atom stereocenters. The van der Waals surface area contributed by atoms with Crippen LogP contribution in [0.1, 0.15) is 48.7 Å². The molecule has 0 aliphatic heterocycles. The number of aromatic nitrogens is 2. The number of aryl methyl sites for hydroxylation is 1. The first kappa shape index (κ1) is 12.3. The smallest absolute Gasteiger partial charge is 0.219 e. The van der Waals surface area contributed by atoms with E-state index in [2.05, 4.69) is 9.97 Å². The summed E-state index contributed by atoms with van der Waals surface area (Å²) in [5.74, 6) is 2.16. The molecule has 4 heteroatoms. The lowest BCUT2D eigenvalue weighted by Crippen LogP contribution is -2.16. The molecule has 4 nitrogen and oxygen atoms in total. The van der Waals surface area contributed by atoms with Gasteiger partial charge in [0.1, 0.15) is 5.82 Å². The second kappa shape index (κ2) is 5.45. The van der Waals surface area contributed by atoms with Gasteiger partial charge >= 0.3 is 0 Å². The van der Waals surface area contributed by atoms with Crippen LogP contribution in [0.15, 0.2) is 0 Å². The van der Waals surface area contributed by atoms with Crippen molar-refractivity contribution >= 4 is 0 Å². The molecule has 1 aliphatic carbocycles. The Morgan fingerprint density at radius 2 is 2.12 bits per heavy atom. The van der Waals surface area contributed by atoms with Crippen molar-refractivity contribution in [3.8, 4) is 5.88 Å². The second-order valence-corrected chi connectivity index (χ2v) is 4.66. The fourth-order valence-electron chi connectivity index (χ4n) is 2.29. The van der Waals surface area contributed by atoms with Gasteiger partial charge in [0.05, 0.1) is 12.8 Å². The fourth-order valence-corrected chi connectivity index (χ4v) is 2.29. The summed E-state index contributed by atoms with van der Waals surface area (Å²) < 4.78 is 5.39. The molecule has 17 heavy (non-hydrogen) atoms. The summed E-state index contributed by atoms with van der Waals surface area (Å²) in [5, 5.41) is 0. The van der Waals surface area contributed by atoms with Gasteiger partial charge in [0.15, 0.2) is 0 Å². The minimum absolute atomic E-state index is 0.610. The predicted octanol–water partition coefficient (Wildman–Crippen LogP) is 1.95. The Kier molecular flexibility index (Phi) is 3.94. The predicted molar refractivity (Wildman–Crippen MR) is 67.3 cm³/mol. The number of rotatable bonds is 5. The highest BCUT2D eigenvalue weighted by molar-refractivity contribution is 5.34. The molecule has 0 radical (unpaired) electrons. The summed E-state index contributed by atoms with van der Waals surface area (Å²) in [4.78, 5) is 9.00. The van der Waals surface area contributed by atoms with Crippen molar-refractivity contribution in [1.29, 1.82) is 0 Å². The van der Waals surface area contributed by atoms with Gasteiger partial charge in [-0.2, -0.15) is 4.98 Å². The summed E-state index contributed by atoms with van der Waals surface area (Å²) in [7, 11) is 1.68. The zero-order valence-electron chi connectivity index (χ0n) is 10.7. The number of methoxy groups -OCH3 is 1. The van der Waals surface area contributed by atoms with Gasteiger partial charge in [-0.05, 0) is 39.2 Å². The molecule has 0 spiro atoms. The van der Waals surface area contributed by atoms with Crippen molar-refractivity contribution in [2.75, 3.05) is 13.7 Å². The number of hydrogen-bond acceptors (Lipinski definition) is 4. The van der Waals surface area contributed by atoms with Crippen LogP contribution in [0.5, 0.6) is 5.88 Å². The Morgan fingerprint density at radius 3 is 2.65 bits per heavy atom. The topological polar surface area (TPSA) is 61.0 Å². The van der Waals surface area contributed by atoms with Crippen LogP contribution in [0.4, 0.5) is 0 Å². The largest absolute Gasteiger partial charge is 0.481 e. The van der Waals surface area contributed by atoms with E-state index in [-0.39, 0.29) is 0 Å². The highest BCUT2D eigenvalue weighted by atomic mass is 16.5. The van der Waals surface area contributed by atoms with Gasteiger partial charge in [0.2, 0.25) is 5.88 Å². The van der Waals surface area contributed by atoms with Crippen molar-refractivity contribution < 1.29 is 4.74 Å². The average Bonchev–Trinajstić information content (AvgIpc) is 2.24. The highest BCUT2D eigenvalue weighted by Crippen LogP contribution is 2.39. The summed E-state index contributed by atoms with van der Waals surface area (Å²) in [6.07, 6.45) is 5.69. The van der Waals surface area contributed by atoms with E-state index in [1.807, 2.05) is 6.92 Å². The molecule has 1 heterocycles. The molecule has 2 rings (SSSR count). The van der Waals surface area contributed by atoms with E-state index in [0.29, 0.717) is 12.5 Å². The second-order valence-electron chi connectivity index (χ2n) is 4.66. The standard InChI is InChI=1S/C13H21N3O/c1-9-15-12(10-5-3-6-10)11(7-4-8-14)13(16-9)17-2/h10H,3-8,14H2,1-2H3. The third-order valence-electron chi connectivity index (χ3n) is 3.43. The van der Waals surface area contributed by atoms with Crippen LogP contribution in [-0.2, 0) is 6.42 Å². The van der Waals surface area contributed by atoms with Gasteiger partial charge < -0.3 is 10.5 Å². The Hall–Kier alpha value is -1.16. The third kappa shape index (κ3) is 2.57. The average molecular weight is 235 g/mol. The molecule has 0 aromatic carbocycles. The van der Waals surface area contributed by atoms with E-state index in [0.717, 1.165) is 24.5 Å². The molecule has 0 unspecified atom stereocenters. The van der Waals surface area contributed by atoms with Crippen molar-refractivity contribution in [3.05, 3.63) is 17.1 Å². The molecule has 1 saturated carbocycles. The van der Waals surface area contributed by atoms with Crippen molar-refractivity contribution in [1.82, 2.24) is 9.97 Å². The number of ether oxygens (including phenoxy) is 1. The van der Waals surface area contributed by atoms with Crippen LogP contribution in [0, 0.1) is 6.92 Å². The van der Waals surface area contributed by atoms with Crippen molar-refractivity contribution in [2.45, 2.75) is 44.9 Å². The molecule has 1 aromatic heterocycles. The van der Waals surface area contributed by atoms with Gasteiger partial charge in [-0.15, -0.1) is 0 Å². The Morgan fingerprint density at radius 1 is 1.35 bits per heavy atom. The molecule has 1 aromatic rings. The molecule has 0 bridgehead atoms.